The third kappa shape index (κ3) is 4.92. The van der Waals surface area contributed by atoms with Crippen LogP contribution in [-0.4, -0.2) is 34.2 Å². The third-order valence-electron chi connectivity index (χ3n) is 3.98. The maximum absolute atomic E-state index is 12.9. The molecule has 0 unspecified atom stereocenters. The van der Waals surface area contributed by atoms with E-state index in [-0.39, 0.29) is 5.82 Å². The second-order valence-electron chi connectivity index (χ2n) is 5.91. The van der Waals surface area contributed by atoms with Gasteiger partial charge in [0, 0.05) is 12.3 Å². The van der Waals surface area contributed by atoms with E-state index in [0.29, 0.717) is 18.9 Å². The molecule has 1 heterocycles. The van der Waals surface area contributed by atoms with E-state index >= 15 is 0 Å². The summed E-state index contributed by atoms with van der Waals surface area (Å²) in [5.41, 5.74) is 0.894. The maximum Gasteiger partial charge on any atom is 0.191 e. The molecule has 0 spiro atoms. The van der Waals surface area contributed by atoms with Gasteiger partial charge < -0.3 is 9.47 Å². The molecule has 0 N–H and O–H groups in total. The second kappa shape index (κ2) is 9.94. The van der Waals surface area contributed by atoms with Crippen LogP contribution < -0.4 is 9.47 Å². The summed E-state index contributed by atoms with van der Waals surface area (Å²) in [4.78, 5) is 0. The van der Waals surface area contributed by atoms with Crippen LogP contribution in [0.5, 0.6) is 11.5 Å². The van der Waals surface area contributed by atoms with Gasteiger partial charge in [-0.3, -0.25) is 4.57 Å². The van der Waals surface area contributed by atoms with Gasteiger partial charge >= 0.3 is 0 Å². The predicted octanol–water partition coefficient (Wildman–Crippen LogP) is 4.84. The number of hydrogen-bond donors (Lipinski definition) is 0. The summed E-state index contributed by atoms with van der Waals surface area (Å²) in [6.45, 7) is 5.00. The van der Waals surface area contributed by atoms with E-state index in [0.717, 1.165) is 34.5 Å². The van der Waals surface area contributed by atoms with Crippen LogP contribution in [0, 0.1) is 5.82 Å². The summed E-state index contributed by atoms with van der Waals surface area (Å²) in [6.07, 6.45) is 2.65. The highest BCUT2D eigenvalue weighted by Gasteiger charge is 2.16. The lowest BCUT2D eigenvalue weighted by Crippen LogP contribution is -2.03. The Kier molecular flexibility index (Phi) is 7.08. The molecule has 28 heavy (non-hydrogen) atoms. The Morgan fingerprint density at radius 1 is 1.14 bits per heavy atom. The van der Waals surface area contributed by atoms with Gasteiger partial charge in [0.05, 0.1) is 19.3 Å². The van der Waals surface area contributed by atoms with Crippen LogP contribution in [0.25, 0.3) is 11.4 Å². The smallest absolute Gasteiger partial charge is 0.191 e. The van der Waals surface area contributed by atoms with Gasteiger partial charge in [-0.1, -0.05) is 30.0 Å². The first-order valence-corrected chi connectivity index (χ1v) is 9.90. The van der Waals surface area contributed by atoms with E-state index in [9.17, 15) is 4.39 Å². The van der Waals surface area contributed by atoms with Crippen molar-refractivity contribution < 1.29 is 13.9 Å². The fourth-order valence-corrected chi connectivity index (χ4v) is 3.52. The molecule has 0 fully saturated rings. The van der Waals surface area contributed by atoms with Crippen LogP contribution in [-0.2, 0) is 6.54 Å². The zero-order valence-corrected chi connectivity index (χ0v) is 16.5. The topological polar surface area (TPSA) is 49.2 Å². The third-order valence-corrected chi connectivity index (χ3v) is 5.03. The zero-order chi connectivity index (χ0) is 19.8. The summed E-state index contributed by atoms with van der Waals surface area (Å²) >= 11 is 1.61. The van der Waals surface area contributed by atoms with Gasteiger partial charge in [0.25, 0.3) is 0 Å². The van der Waals surface area contributed by atoms with Crippen molar-refractivity contribution in [3.8, 4) is 22.9 Å². The van der Waals surface area contributed by atoms with Gasteiger partial charge in [0.1, 0.15) is 17.3 Å². The lowest BCUT2D eigenvalue weighted by Gasteiger charge is -2.10. The van der Waals surface area contributed by atoms with E-state index in [1.54, 1.807) is 31.0 Å². The van der Waals surface area contributed by atoms with Crippen molar-refractivity contribution in [1.82, 2.24) is 14.8 Å². The van der Waals surface area contributed by atoms with Gasteiger partial charge in [0.15, 0.2) is 11.0 Å². The Labute approximate surface area is 168 Å². The molecule has 0 aliphatic rings. The van der Waals surface area contributed by atoms with Crippen LogP contribution >= 0.6 is 11.8 Å². The maximum atomic E-state index is 12.9. The highest BCUT2D eigenvalue weighted by atomic mass is 32.2. The summed E-state index contributed by atoms with van der Waals surface area (Å²) in [5.74, 6) is 2.73. The first-order chi connectivity index (χ1) is 13.7. The van der Waals surface area contributed by atoms with Crippen LogP contribution in [0.15, 0.2) is 66.3 Å². The van der Waals surface area contributed by atoms with Crippen LogP contribution in [0.3, 0.4) is 0 Å². The molecule has 5 nitrogen and oxygen atoms in total. The first-order valence-electron chi connectivity index (χ1n) is 8.91. The highest BCUT2D eigenvalue weighted by Crippen LogP contribution is 2.31. The average molecular weight is 399 g/mol. The molecule has 2 aromatic carbocycles. The number of allylic oxidation sites excluding steroid dienone is 1. The molecule has 0 atom stereocenters. The van der Waals surface area contributed by atoms with Crippen LogP contribution in [0.4, 0.5) is 4.39 Å². The van der Waals surface area contributed by atoms with Gasteiger partial charge in [-0.05, 0) is 42.8 Å². The van der Waals surface area contributed by atoms with Gasteiger partial charge in [-0.15, -0.1) is 16.8 Å². The second-order valence-corrected chi connectivity index (χ2v) is 6.97. The lowest BCUT2D eigenvalue weighted by molar-refractivity contribution is 0.318. The number of aromatic nitrogens is 3. The quantitative estimate of drug-likeness (QED) is 0.277. The number of nitrogens with zero attached hydrogens (tertiary/aromatic N) is 3. The Balaban J connectivity index is 1.61. The fourth-order valence-electron chi connectivity index (χ4n) is 2.66. The zero-order valence-electron chi connectivity index (χ0n) is 15.7. The monoisotopic (exact) mass is 399 g/mol. The number of ether oxygens (including phenoxy) is 2. The number of halogens is 1. The van der Waals surface area contributed by atoms with Crippen LogP contribution in [0.2, 0.25) is 0 Å². The van der Waals surface area contributed by atoms with E-state index < -0.39 is 0 Å². The summed E-state index contributed by atoms with van der Waals surface area (Å²) < 4.78 is 26.0. The minimum absolute atomic E-state index is 0.268. The van der Waals surface area contributed by atoms with Crippen molar-refractivity contribution in [3.05, 3.63) is 67.0 Å². The van der Waals surface area contributed by atoms with E-state index in [2.05, 4.69) is 16.8 Å². The Bertz CT molecular complexity index is 912. The standard InChI is InChI=1S/C21H22FN3O2S/c1-3-13-25-20(18-7-4-5-8-19(18)26-2)23-24-21(25)28-15-6-14-27-17-11-9-16(22)10-12-17/h3-5,7-12H,1,6,13-15H2,2H3. The van der Waals surface area contributed by atoms with Crippen molar-refractivity contribution >= 4 is 11.8 Å². The van der Waals surface area contributed by atoms with Crippen molar-refractivity contribution in [3.63, 3.8) is 0 Å². The number of hydrogen-bond acceptors (Lipinski definition) is 5. The minimum atomic E-state index is -0.268. The number of methoxy groups -OCH3 is 1. The Morgan fingerprint density at radius 3 is 2.68 bits per heavy atom. The lowest BCUT2D eigenvalue weighted by atomic mass is 10.2. The molecule has 0 bridgehead atoms. The molecule has 0 aliphatic carbocycles. The number of rotatable bonds is 10. The fraction of sp³-hybridized carbons (Fsp3) is 0.238. The highest BCUT2D eigenvalue weighted by molar-refractivity contribution is 7.99. The summed E-state index contributed by atoms with van der Waals surface area (Å²) in [6, 6.07) is 13.8. The summed E-state index contributed by atoms with van der Waals surface area (Å²) in [5, 5.41) is 9.53. The van der Waals surface area contributed by atoms with Crippen molar-refractivity contribution in [1.29, 1.82) is 0 Å². The van der Waals surface area contributed by atoms with Crippen LogP contribution in [0.1, 0.15) is 6.42 Å². The molecule has 0 amide bonds. The molecule has 146 valence electrons. The molecule has 0 aliphatic heterocycles. The molecule has 7 heteroatoms. The molecule has 0 saturated carbocycles. The summed E-state index contributed by atoms with van der Waals surface area (Å²) in [7, 11) is 1.64. The molecule has 1 aromatic heterocycles. The SMILES string of the molecule is C=CCn1c(SCCCOc2ccc(F)cc2)nnc1-c1ccccc1OC. The minimum Gasteiger partial charge on any atom is -0.496 e. The van der Waals surface area contributed by atoms with E-state index in [1.807, 2.05) is 34.9 Å². The number of benzene rings is 2. The molecular weight excluding hydrogens is 377 g/mol. The molecular formula is C21H22FN3O2S. The molecule has 3 aromatic rings. The largest absolute Gasteiger partial charge is 0.496 e. The van der Waals surface area contributed by atoms with Crippen molar-refractivity contribution in [2.75, 3.05) is 19.5 Å². The van der Waals surface area contributed by atoms with Gasteiger partial charge in [0.2, 0.25) is 0 Å². The number of para-hydroxylation sites is 1. The van der Waals surface area contributed by atoms with Gasteiger partial charge in [-0.2, -0.15) is 0 Å². The van der Waals surface area contributed by atoms with E-state index in [4.69, 9.17) is 9.47 Å². The molecule has 3 rings (SSSR count). The Morgan fingerprint density at radius 2 is 1.93 bits per heavy atom. The number of thioether (sulfide) groups is 1. The van der Waals surface area contributed by atoms with E-state index in [1.165, 1.54) is 12.1 Å². The first kappa shape index (κ1) is 19.9. The molecule has 0 saturated heterocycles. The normalized spacial score (nSPS) is 10.6. The predicted molar refractivity (Wildman–Crippen MR) is 109 cm³/mol. The average Bonchev–Trinajstić information content (AvgIpc) is 3.12. The van der Waals surface area contributed by atoms with Crippen molar-refractivity contribution in [2.45, 2.75) is 18.1 Å². The molecule has 0 radical (unpaired) electrons. The van der Waals surface area contributed by atoms with Crippen molar-refractivity contribution in [2.24, 2.45) is 0 Å². The van der Waals surface area contributed by atoms with Gasteiger partial charge in [-0.25, -0.2) is 4.39 Å². The Hall–Kier alpha value is -2.80.